The van der Waals surface area contributed by atoms with Gasteiger partial charge in [0.05, 0.1) is 6.20 Å². The van der Waals surface area contributed by atoms with E-state index in [1.165, 1.54) is 0 Å². The maximum absolute atomic E-state index is 5.96. The second kappa shape index (κ2) is 6.52. The van der Waals surface area contributed by atoms with Gasteiger partial charge in [-0.05, 0) is 31.9 Å². The van der Waals surface area contributed by atoms with Gasteiger partial charge in [0.25, 0.3) is 0 Å². The number of hydrogen-bond donors (Lipinski definition) is 0. The summed E-state index contributed by atoms with van der Waals surface area (Å²) in [5.74, 6) is 1.48. The average molecular weight is 340 g/mol. The Balaban J connectivity index is 1.67. The highest BCUT2D eigenvalue weighted by atomic mass is 32.1. The van der Waals surface area contributed by atoms with E-state index in [9.17, 15) is 0 Å². The third-order valence-electron chi connectivity index (χ3n) is 3.72. The van der Waals surface area contributed by atoms with Crippen molar-refractivity contribution in [2.24, 2.45) is 5.16 Å². The van der Waals surface area contributed by atoms with Crippen molar-refractivity contribution < 1.29 is 9.25 Å². The highest BCUT2D eigenvalue weighted by molar-refractivity contribution is 7.18. The molecule has 0 atom stereocenters. The van der Waals surface area contributed by atoms with Crippen LogP contribution in [0.4, 0.5) is 0 Å². The molecule has 3 aromatic rings. The molecule has 0 spiro atoms. The van der Waals surface area contributed by atoms with E-state index in [0.717, 1.165) is 51.9 Å². The fourth-order valence-corrected chi connectivity index (χ4v) is 3.45. The zero-order chi connectivity index (χ0) is 16.4. The van der Waals surface area contributed by atoms with Crippen LogP contribution in [0, 0.1) is 0 Å². The van der Waals surface area contributed by atoms with E-state index in [2.05, 4.69) is 20.1 Å². The summed E-state index contributed by atoms with van der Waals surface area (Å²) < 4.78 is 5.96. The number of fused-ring (bicyclic) bond motifs is 1. The minimum atomic E-state index is 0.548. The predicted octanol–water partition coefficient (Wildman–Crippen LogP) is 3.94. The molecule has 0 aromatic carbocycles. The van der Waals surface area contributed by atoms with Gasteiger partial charge in [0, 0.05) is 24.4 Å². The molecule has 0 saturated heterocycles. The van der Waals surface area contributed by atoms with Gasteiger partial charge in [0.1, 0.15) is 33.7 Å². The SMILES string of the molecule is CCO/N=C1\CCCc2oc(-c3cnc(-c4cccnc4)s3)nc21. The maximum atomic E-state index is 5.96. The summed E-state index contributed by atoms with van der Waals surface area (Å²) in [5.41, 5.74) is 2.68. The van der Waals surface area contributed by atoms with Crippen molar-refractivity contribution in [3.05, 3.63) is 42.2 Å². The van der Waals surface area contributed by atoms with Crippen molar-refractivity contribution in [2.75, 3.05) is 6.61 Å². The number of rotatable bonds is 4. The molecule has 0 radical (unpaired) electrons. The Morgan fingerprint density at radius 2 is 2.29 bits per heavy atom. The Morgan fingerprint density at radius 3 is 3.12 bits per heavy atom. The molecule has 0 bridgehead atoms. The summed E-state index contributed by atoms with van der Waals surface area (Å²) in [5, 5.41) is 5.08. The zero-order valence-corrected chi connectivity index (χ0v) is 14.0. The van der Waals surface area contributed by atoms with Gasteiger partial charge in [-0.3, -0.25) is 4.98 Å². The lowest BCUT2D eigenvalue weighted by Crippen LogP contribution is -2.11. The van der Waals surface area contributed by atoms with Crippen LogP contribution in [0.5, 0.6) is 0 Å². The van der Waals surface area contributed by atoms with Crippen LogP contribution < -0.4 is 0 Å². The maximum Gasteiger partial charge on any atom is 0.238 e. The fourth-order valence-electron chi connectivity index (χ4n) is 2.61. The van der Waals surface area contributed by atoms with Crippen molar-refractivity contribution in [1.29, 1.82) is 0 Å². The van der Waals surface area contributed by atoms with Crippen LogP contribution in [0.2, 0.25) is 0 Å². The summed E-state index contributed by atoms with van der Waals surface area (Å²) in [7, 11) is 0. The lowest BCUT2D eigenvalue weighted by Gasteiger charge is -2.09. The van der Waals surface area contributed by atoms with E-state index < -0.39 is 0 Å². The quantitative estimate of drug-likeness (QED) is 0.673. The van der Waals surface area contributed by atoms with Gasteiger partial charge >= 0.3 is 0 Å². The normalized spacial score (nSPS) is 15.5. The van der Waals surface area contributed by atoms with Crippen LogP contribution in [0.1, 0.15) is 31.2 Å². The van der Waals surface area contributed by atoms with Crippen molar-refractivity contribution >= 4 is 17.0 Å². The van der Waals surface area contributed by atoms with Gasteiger partial charge < -0.3 is 9.25 Å². The average Bonchev–Trinajstić information content (AvgIpc) is 3.27. The number of nitrogens with zero attached hydrogens (tertiary/aromatic N) is 4. The van der Waals surface area contributed by atoms with Gasteiger partial charge in [-0.2, -0.15) is 0 Å². The first-order valence-electron chi connectivity index (χ1n) is 7.90. The Labute approximate surface area is 143 Å². The summed E-state index contributed by atoms with van der Waals surface area (Å²) in [6.45, 7) is 2.46. The molecule has 4 rings (SSSR count). The number of pyridine rings is 1. The standard InChI is InChI=1S/C17H16N4O2S/c1-2-22-21-12-6-3-7-13-15(12)20-16(23-13)14-10-19-17(24-14)11-5-4-8-18-9-11/h4-5,8-10H,2-3,6-7H2,1H3/b21-12+. The van der Waals surface area contributed by atoms with E-state index in [-0.39, 0.29) is 0 Å². The van der Waals surface area contributed by atoms with Crippen LogP contribution in [0.3, 0.4) is 0 Å². The minimum absolute atomic E-state index is 0.548. The molecule has 3 heterocycles. The Kier molecular flexibility index (Phi) is 4.08. The second-order valence-corrected chi connectivity index (χ2v) is 6.40. The number of hydrogen-bond acceptors (Lipinski definition) is 7. The fraction of sp³-hybridized carbons (Fsp3) is 0.294. The van der Waals surface area contributed by atoms with Crippen molar-refractivity contribution in [3.8, 4) is 21.3 Å². The van der Waals surface area contributed by atoms with E-state index in [0.29, 0.717) is 12.5 Å². The van der Waals surface area contributed by atoms with Gasteiger partial charge in [-0.15, -0.1) is 11.3 Å². The largest absolute Gasteiger partial charge is 0.440 e. The van der Waals surface area contributed by atoms with Crippen LogP contribution in [-0.4, -0.2) is 27.3 Å². The molecular weight excluding hydrogens is 324 g/mol. The minimum Gasteiger partial charge on any atom is -0.440 e. The Hall–Kier alpha value is -2.54. The number of oxazole rings is 1. The molecule has 24 heavy (non-hydrogen) atoms. The van der Waals surface area contributed by atoms with Crippen molar-refractivity contribution in [1.82, 2.24) is 15.0 Å². The topological polar surface area (TPSA) is 73.4 Å². The first-order valence-corrected chi connectivity index (χ1v) is 8.72. The smallest absolute Gasteiger partial charge is 0.238 e. The third kappa shape index (κ3) is 2.82. The monoisotopic (exact) mass is 340 g/mol. The van der Waals surface area contributed by atoms with E-state index in [4.69, 9.17) is 9.25 Å². The molecule has 0 unspecified atom stereocenters. The lowest BCUT2D eigenvalue weighted by molar-refractivity contribution is 0.158. The Morgan fingerprint density at radius 1 is 1.33 bits per heavy atom. The van der Waals surface area contributed by atoms with Crippen molar-refractivity contribution in [2.45, 2.75) is 26.2 Å². The first-order chi connectivity index (χ1) is 11.8. The van der Waals surface area contributed by atoms with Crippen LogP contribution >= 0.6 is 11.3 Å². The second-order valence-electron chi connectivity index (χ2n) is 5.37. The molecule has 3 aromatic heterocycles. The molecule has 0 N–H and O–H groups in total. The number of aryl methyl sites for hydroxylation is 1. The number of oxime groups is 1. The van der Waals surface area contributed by atoms with E-state index in [1.54, 1.807) is 29.9 Å². The third-order valence-corrected chi connectivity index (χ3v) is 4.75. The summed E-state index contributed by atoms with van der Waals surface area (Å²) in [6, 6.07) is 3.89. The van der Waals surface area contributed by atoms with Crippen molar-refractivity contribution in [3.63, 3.8) is 0 Å². The molecule has 1 aliphatic carbocycles. The summed E-state index contributed by atoms with van der Waals surface area (Å²) in [6.07, 6.45) is 8.08. The molecule has 7 heteroatoms. The van der Waals surface area contributed by atoms with E-state index >= 15 is 0 Å². The summed E-state index contributed by atoms with van der Waals surface area (Å²) >= 11 is 1.54. The molecule has 6 nitrogen and oxygen atoms in total. The molecule has 0 fully saturated rings. The highest BCUT2D eigenvalue weighted by Crippen LogP contribution is 2.34. The molecule has 1 aliphatic rings. The Bertz CT molecular complexity index is 870. The zero-order valence-electron chi connectivity index (χ0n) is 13.2. The highest BCUT2D eigenvalue weighted by Gasteiger charge is 2.24. The molecule has 0 aliphatic heterocycles. The van der Waals surface area contributed by atoms with E-state index in [1.807, 2.05) is 19.1 Å². The molecule has 122 valence electrons. The van der Waals surface area contributed by atoms with Crippen LogP contribution in [0.15, 0.2) is 40.3 Å². The number of aromatic nitrogens is 3. The van der Waals surface area contributed by atoms with Crippen LogP contribution in [-0.2, 0) is 11.3 Å². The molecule has 0 amide bonds. The summed E-state index contributed by atoms with van der Waals surface area (Å²) in [4.78, 5) is 19.3. The van der Waals surface area contributed by atoms with Gasteiger partial charge in [-0.25, -0.2) is 9.97 Å². The lowest BCUT2D eigenvalue weighted by atomic mass is 10.0. The molecular formula is C17H16N4O2S. The predicted molar refractivity (Wildman–Crippen MR) is 91.9 cm³/mol. The molecule has 0 saturated carbocycles. The van der Waals surface area contributed by atoms with Gasteiger partial charge in [0.15, 0.2) is 0 Å². The number of thiazole rings is 1. The van der Waals surface area contributed by atoms with Gasteiger partial charge in [-0.1, -0.05) is 5.16 Å². The first kappa shape index (κ1) is 15.0. The van der Waals surface area contributed by atoms with Crippen LogP contribution in [0.25, 0.3) is 21.3 Å². The van der Waals surface area contributed by atoms with Gasteiger partial charge in [0.2, 0.25) is 5.89 Å².